The lowest BCUT2D eigenvalue weighted by Gasteiger charge is -2.09. The van der Waals surface area contributed by atoms with Gasteiger partial charge in [-0.2, -0.15) is 11.3 Å². The summed E-state index contributed by atoms with van der Waals surface area (Å²) in [5.41, 5.74) is 1.34. The molecule has 5 heteroatoms. The Hall–Kier alpha value is -1.13. The van der Waals surface area contributed by atoms with Crippen molar-refractivity contribution in [2.24, 2.45) is 0 Å². The molecule has 0 saturated heterocycles. The second kappa shape index (κ2) is 6.16. The summed E-state index contributed by atoms with van der Waals surface area (Å²) in [6.07, 6.45) is 0.988. The molecule has 96 valence electrons. The Morgan fingerprint density at radius 3 is 2.89 bits per heavy atom. The molecule has 0 aliphatic rings. The van der Waals surface area contributed by atoms with Crippen molar-refractivity contribution in [1.29, 1.82) is 0 Å². The highest BCUT2D eigenvalue weighted by atomic mass is 35.5. The molecule has 0 aliphatic heterocycles. The van der Waals surface area contributed by atoms with Gasteiger partial charge in [-0.15, -0.1) is 0 Å². The molecule has 0 unspecified atom stereocenters. The standard InChI is InChI=1S/C13H16ClN3S/c1-9(2)13-16-11(14)7-12(17-13)15-5-3-10-4-6-18-8-10/h4,6-9H,3,5H2,1-2H3,(H,15,16,17). The molecule has 0 radical (unpaired) electrons. The van der Waals surface area contributed by atoms with Crippen LogP contribution >= 0.6 is 22.9 Å². The first kappa shape index (κ1) is 13.3. The van der Waals surface area contributed by atoms with Gasteiger partial charge in [0.2, 0.25) is 0 Å². The summed E-state index contributed by atoms with van der Waals surface area (Å²) >= 11 is 7.70. The molecule has 0 saturated carbocycles. The Morgan fingerprint density at radius 1 is 1.39 bits per heavy atom. The highest BCUT2D eigenvalue weighted by Crippen LogP contribution is 2.17. The van der Waals surface area contributed by atoms with Crippen LogP contribution in [0.2, 0.25) is 5.15 Å². The van der Waals surface area contributed by atoms with Crippen LogP contribution < -0.4 is 5.32 Å². The van der Waals surface area contributed by atoms with E-state index in [4.69, 9.17) is 11.6 Å². The lowest BCUT2D eigenvalue weighted by atomic mass is 10.2. The number of nitrogens with zero attached hydrogens (tertiary/aromatic N) is 2. The van der Waals surface area contributed by atoms with E-state index >= 15 is 0 Å². The maximum atomic E-state index is 5.98. The summed E-state index contributed by atoms with van der Waals surface area (Å²) in [4.78, 5) is 8.66. The van der Waals surface area contributed by atoms with Crippen LogP contribution in [-0.2, 0) is 6.42 Å². The number of hydrogen-bond donors (Lipinski definition) is 1. The van der Waals surface area contributed by atoms with E-state index in [1.807, 2.05) is 0 Å². The first-order valence-corrected chi connectivity index (χ1v) is 7.26. The van der Waals surface area contributed by atoms with Gasteiger partial charge < -0.3 is 5.32 Å². The fourth-order valence-corrected chi connectivity index (χ4v) is 2.45. The van der Waals surface area contributed by atoms with E-state index in [0.717, 1.165) is 24.6 Å². The zero-order valence-corrected chi connectivity index (χ0v) is 12.1. The van der Waals surface area contributed by atoms with Gasteiger partial charge in [0.25, 0.3) is 0 Å². The summed E-state index contributed by atoms with van der Waals surface area (Å²) < 4.78 is 0. The molecule has 0 atom stereocenters. The predicted octanol–water partition coefficient (Wildman–Crippen LogP) is 3.97. The normalized spacial score (nSPS) is 10.9. The van der Waals surface area contributed by atoms with Crippen molar-refractivity contribution in [2.45, 2.75) is 26.2 Å². The Bertz CT molecular complexity index is 497. The molecule has 0 fully saturated rings. The molecule has 0 bridgehead atoms. The third-order valence-electron chi connectivity index (χ3n) is 2.53. The fraction of sp³-hybridized carbons (Fsp3) is 0.385. The number of aromatic nitrogens is 2. The average molecular weight is 282 g/mol. The SMILES string of the molecule is CC(C)c1nc(Cl)cc(NCCc2ccsc2)n1. The van der Waals surface area contributed by atoms with Crippen molar-refractivity contribution < 1.29 is 0 Å². The predicted molar refractivity (Wildman–Crippen MR) is 77.6 cm³/mol. The van der Waals surface area contributed by atoms with Crippen LogP contribution in [0.4, 0.5) is 5.82 Å². The smallest absolute Gasteiger partial charge is 0.135 e. The first-order valence-electron chi connectivity index (χ1n) is 5.94. The van der Waals surface area contributed by atoms with Crippen molar-refractivity contribution in [2.75, 3.05) is 11.9 Å². The van der Waals surface area contributed by atoms with Gasteiger partial charge in [0.05, 0.1) is 0 Å². The van der Waals surface area contributed by atoms with Crippen molar-refractivity contribution in [3.05, 3.63) is 39.4 Å². The first-order chi connectivity index (χ1) is 8.65. The Labute approximate surface area is 116 Å². The van der Waals surface area contributed by atoms with Gasteiger partial charge in [0, 0.05) is 18.5 Å². The summed E-state index contributed by atoms with van der Waals surface area (Å²) in [5, 5.41) is 8.03. The molecule has 2 aromatic rings. The van der Waals surface area contributed by atoms with E-state index in [1.54, 1.807) is 17.4 Å². The molecule has 0 spiro atoms. The van der Waals surface area contributed by atoms with E-state index < -0.39 is 0 Å². The monoisotopic (exact) mass is 281 g/mol. The number of anilines is 1. The van der Waals surface area contributed by atoms with E-state index in [2.05, 4.69) is 46.0 Å². The molecule has 2 aromatic heterocycles. The van der Waals surface area contributed by atoms with Crippen LogP contribution in [0.15, 0.2) is 22.9 Å². The molecule has 0 aromatic carbocycles. The van der Waals surface area contributed by atoms with Crippen LogP contribution in [0, 0.1) is 0 Å². The molecular formula is C13H16ClN3S. The van der Waals surface area contributed by atoms with Crippen molar-refractivity contribution in [3.63, 3.8) is 0 Å². The van der Waals surface area contributed by atoms with Crippen LogP contribution in [0.1, 0.15) is 31.2 Å². The van der Waals surface area contributed by atoms with E-state index in [-0.39, 0.29) is 5.92 Å². The van der Waals surface area contributed by atoms with Crippen molar-refractivity contribution in [1.82, 2.24) is 9.97 Å². The Kier molecular flexibility index (Phi) is 4.55. The zero-order chi connectivity index (χ0) is 13.0. The molecule has 1 N–H and O–H groups in total. The van der Waals surface area contributed by atoms with Crippen LogP contribution in [-0.4, -0.2) is 16.5 Å². The minimum Gasteiger partial charge on any atom is -0.370 e. The third kappa shape index (κ3) is 3.68. The van der Waals surface area contributed by atoms with Crippen molar-refractivity contribution >= 4 is 28.8 Å². The van der Waals surface area contributed by atoms with Crippen LogP contribution in [0.5, 0.6) is 0 Å². The second-order valence-electron chi connectivity index (χ2n) is 4.40. The van der Waals surface area contributed by atoms with Crippen LogP contribution in [0.25, 0.3) is 0 Å². The quantitative estimate of drug-likeness (QED) is 0.843. The topological polar surface area (TPSA) is 37.8 Å². The lowest BCUT2D eigenvalue weighted by Crippen LogP contribution is -2.08. The number of rotatable bonds is 5. The summed E-state index contributed by atoms with van der Waals surface area (Å²) in [6, 6.07) is 3.90. The highest BCUT2D eigenvalue weighted by Gasteiger charge is 2.06. The second-order valence-corrected chi connectivity index (χ2v) is 5.56. The Morgan fingerprint density at radius 2 is 2.22 bits per heavy atom. The molecule has 0 amide bonds. The van der Waals surface area contributed by atoms with Gasteiger partial charge in [-0.05, 0) is 28.8 Å². The van der Waals surface area contributed by atoms with Gasteiger partial charge in [-0.3, -0.25) is 0 Å². The average Bonchev–Trinajstić information content (AvgIpc) is 2.81. The van der Waals surface area contributed by atoms with E-state index in [9.17, 15) is 0 Å². The van der Waals surface area contributed by atoms with E-state index in [0.29, 0.717) is 5.15 Å². The van der Waals surface area contributed by atoms with Gasteiger partial charge >= 0.3 is 0 Å². The minimum absolute atomic E-state index is 0.279. The number of halogens is 1. The van der Waals surface area contributed by atoms with Crippen molar-refractivity contribution in [3.8, 4) is 0 Å². The zero-order valence-electron chi connectivity index (χ0n) is 10.5. The summed E-state index contributed by atoms with van der Waals surface area (Å²) in [7, 11) is 0. The van der Waals surface area contributed by atoms with Gasteiger partial charge in [-0.25, -0.2) is 9.97 Å². The molecule has 0 aliphatic carbocycles. The molecule has 18 heavy (non-hydrogen) atoms. The minimum atomic E-state index is 0.279. The van der Waals surface area contributed by atoms with Gasteiger partial charge in [-0.1, -0.05) is 25.4 Å². The number of thiophene rings is 1. The Balaban J connectivity index is 1.96. The van der Waals surface area contributed by atoms with Gasteiger partial charge in [0.1, 0.15) is 16.8 Å². The summed E-state index contributed by atoms with van der Waals surface area (Å²) in [5.74, 6) is 1.86. The highest BCUT2D eigenvalue weighted by molar-refractivity contribution is 7.07. The largest absolute Gasteiger partial charge is 0.370 e. The molecule has 3 nitrogen and oxygen atoms in total. The summed E-state index contributed by atoms with van der Waals surface area (Å²) in [6.45, 7) is 4.96. The maximum Gasteiger partial charge on any atom is 0.135 e. The van der Waals surface area contributed by atoms with Gasteiger partial charge in [0.15, 0.2) is 0 Å². The fourth-order valence-electron chi connectivity index (χ4n) is 1.55. The maximum absolute atomic E-state index is 5.98. The lowest BCUT2D eigenvalue weighted by molar-refractivity contribution is 0.774. The van der Waals surface area contributed by atoms with Crippen LogP contribution in [0.3, 0.4) is 0 Å². The molecular weight excluding hydrogens is 266 g/mol. The van der Waals surface area contributed by atoms with E-state index in [1.165, 1.54) is 5.56 Å². The number of nitrogens with one attached hydrogen (secondary N) is 1. The molecule has 2 rings (SSSR count). The molecule has 2 heterocycles. The third-order valence-corrected chi connectivity index (χ3v) is 3.45. The number of hydrogen-bond acceptors (Lipinski definition) is 4.